The number of fused-ring (bicyclic) bond motifs is 1. The number of hydrogen-bond acceptors (Lipinski definition) is 3. The van der Waals surface area contributed by atoms with Gasteiger partial charge < -0.3 is 5.11 Å². The van der Waals surface area contributed by atoms with Gasteiger partial charge in [0.05, 0.1) is 11.6 Å². The molecule has 0 aliphatic carbocycles. The van der Waals surface area contributed by atoms with Gasteiger partial charge in [0.15, 0.2) is 0 Å². The van der Waals surface area contributed by atoms with E-state index in [1.54, 1.807) is 6.26 Å². The van der Waals surface area contributed by atoms with E-state index in [9.17, 15) is 18.3 Å². The van der Waals surface area contributed by atoms with Crippen LogP contribution in [0.2, 0.25) is 0 Å². The van der Waals surface area contributed by atoms with Gasteiger partial charge in [-0.05, 0) is 61.4 Å². The van der Waals surface area contributed by atoms with Crippen molar-refractivity contribution >= 4 is 18.2 Å². The number of phenols is 1. The van der Waals surface area contributed by atoms with E-state index in [-0.39, 0.29) is 11.8 Å². The molecule has 0 spiro atoms. The maximum atomic E-state index is 12.8. The predicted octanol–water partition coefficient (Wildman–Crippen LogP) is 10.2. The molecular weight excluding hydrogens is 503 g/mol. The molecule has 38 heavy (non-hydrogen) atoms. The summed E-state index contributed by atoms with van der Waals surface area (Å²) in [6.45, 7) is 13.4. The Morgan fingerprint density at radius 2 is 1.71 bits per heavy atom. The fourth-order valence-corrected chi connectivity index (χ4v) is 3.97. The molecular formula is C32H48F3NOS. The molecule has 1 N–H and O–H groups in total. The first-order chi connectivity index (χ1) is 18.1. The summed E-state index contributed by atoms with van der Waals surface area (Å²) in [5, 5.41) is 10.3. The standard InChI is InChI=1S/C19H18F3NO.C10H20.C2H6.CH4S/c1-12-9-10-23(2)18(15-6-4-3-5-14(12)15)16-8-7-13(11-17(16)24)19(20,21)22;1-4-6-7-8-9-10(3)5-2;2*1-2/h3-9,11,18,24H,10H2,1-2H3;8-10H,4-7H2,1-3H3;1-2H3;2H,1H3/b;9-8-;;. The average Bonchev–Trinajstić information content (AvgIpc) is 3.04. The van der Waals surface area contributed by atoms with Crippen LogP contribution < -0.4 is 0 Å². The van der Waals surface area contributed by atoms with Gasteiger partial charge in [-0.25, -0.2) is 0 Å². The summed E-state index contributed by atoms with van der Waals surface area (Å²) >= 11 is 3.53. The molecule has 6 heteroatoms. The fourth-order valence-electron chi connectivity index (χ4n) is 3.97. The van der Waals surface area contributed by atoms with Crippen molar-refractivity contribution in [3.8, 4) is 5.75 Å². The maximum absolute atomic E-state index is 12.8. The van der Waals surface area contributed by atoms with Gasteiger partial charge in [-0.2, -0.15) is 25.8 Å². The van der Waals surface area contributed by atoms with E-state index in [2.05, 4.69) is 51.6 Å². The van der Waals surface area contributed by atoms with E-state index in [1.807, 2.05) is 57.0 Å². The number of hydrogen-bond donors (Lipinski definition) is 2. The van der Waals surface area contributed by atoms with E-state index in [4.69, 9.17) is 0 Å². The van der Waals surface area contributed by atoms with Crippen molar-refractivity contribution in [2.75, 3.05) is 19.8 Å². The van der Waals surface area contributed by atoms with E-state index in [1.165, 1.54) is 31.7 Å². The third-order valence-corrected chi connectivity index (χ3v) is 6.29. The van der Waals surface area contributed by atoms with Gasteiger partial charge >= 0.3 is 6.18 Å². The lowest BCUT2D eigenvalue weighted by atomic mass is 9.91. The van der Waals surface area contributed by atoms with E-state index in [0.717, 1.165) is 34.8 Å². The molecule has 0 saturated carbocycles. The zero-order chi connectivity index (χ0) is 29.3. The molecule has 0 saturated heterocycles. The zero-order valence-corrected chi connectivity index (χ0v) is 25.3. The summed E-state index contributed by atoms with van der Waals surface area (Å²) in [5.41, 5.74) is 2.77. The van der Waals surface area contributed by atoms with Crippen LogP contribution in [0, 0.1) is 5.92 Å². The van der Waals surface area contributed by atoms with Crippen LogP contribution in [0.3, 0.4) is 0 Å². The second-order valence-corrected chi connectivity index (χ2v) is 9.04. The molecule has 2 atom stereocenters. The molecule has 0 amide bonds. The van der Waals surface area contributed by atoms with Gasteiger partial charge in [-0.3, -0.25) is 4.90 Å². The molecule has 0 bridgehead atoms. The number of halogens is 3. The Balaban J connectivity index is 0.000000827. The first-order valence-corrected chi connectivity index (χ1v) is 14.5. The molecule has 1 aliphatic heterocycles. The molecule has 2 aromatic rings. The van der Waals surface area contributed by atoms with Gasteiger partial charge in [0.1, 0.15) is 5.75 Å². The summed E-state index contributed by atoms with van der Waals surface area (Å²) in [4.78, 5) is 2.01. The Labute approximate surface area is 235 Å². The van der Waals surface area contributed by atoms with Crippen LogP contribution in [-0.2, 0) is 6.18 Å². The fraction of sp³-hybridized carbons (Fsp3) is 0.500. The first kappa shape index (κ1) is 35.8. The number of thiol groups is 1. The Kier molecular flexibility index (Phi) is 17.9. The zero-order valence-electron chi connectivity index (χ0n) is 24.4. The van der Waals surface area contributed by atoms with Gasteiger partial charge in [0.25, 0.3) is 0 Å². The minimum atomic E-state index is -4.47. The van der Waals surface area contributed by atoms with Crippen LogP contribution in [-0.4, -0.2) is 29.9 Å². The van der Waals surface area contributed by atoms with Gasteiger partial charge in [-0.15, -0.1) is 0 Å². The Morgan fingerprint density at radius 1 is 1.08 bits per heavy atom. The van der Waals surface area contributed by atoms with Gasteiger partial charge in [0, 0.05) is 12.1 Å². The molecule has 0 fully saturated rings. The van der Waals surface area contributed by atoms with Crippen LogP contribution >= 0.6 is 12.6 Å². The van der Waals surface area contributed by atoms with Crippen LogP contribution in [0.15, 0.2) is 60.7 Å². The van der Waals surface area contributed by atoms with Crippen molar-refractivity contribution in [3.63, 3.8) is 0 Å². The lowest BCUT2D eigenvalue weighted by Crippen LogP contribution is -2.25. The SMILES string of the molecule is CC.CC1=CCN(C)C(c2ccc(C(F)(F)F)cc2O)c2ccccc21.CCCC/C=C\C(C)CC.CS. The monoisotopic (exact) mass is 551 g/mol. The third-order valence-electron chi connectivity index (χ3n) is 6.29. The second kappa shape index (κ2) is 19.0. The smallest absolute Gasteiger partial charge is 0.416 e. The maximum Gasteiger partial charge on any atom is 0.416 e. The number of phenolic OH excluding ortho intramolecular Hbond substituents is 1. The number of nitrogens with zero attached hydrogens (tertiary/aromatic N) is 1. The van der Waals surface area contributed by atoms with Crippen molar-refractivity contribution in [2.45, 2.75) is 79.4 Å². The largest absolute Gasteiger partial charge is 0.508 e. The minimum absolute atomic E-state index is 0.308. The molecule has 0 aromatic heterocycles. The van der Waals surface area contributed by atoms with Gasteiger partial charge in [0.2, 0.25) is 0 Å². The molecule has 0 radical (unpaired) electrons. The lowest BCUT2D eigenvalue weighted by Gasteiger charge is -2.28. The molecule has 2 nitrogen and oxygen atoms in total. The summed E-state index contributed by atoms with van der Waals surface area (Å²) in [6, 6.07) is 10.7. The predicted molar refractivity (Wildman–Crippen MR) is 162 cm³/mol. The average molecular weight is 552 g/mol. The quantitative estimate of drug-likeness (QED) is 0.212. The summed E-state index contributed by atoms with van der Waals surface area (Å²) < 4.78 is 38.5. The highest BCUT2D eigenvalue weighted by atomic mass is 32.1. The number of benzene rings is 2. The molecule has 3 rings (SSSR count). The first-order valence-electron chi connectivity index (χ1n) is 13.6. The Bertz CT molecular complexity index is 985. The van der Waals surface area contributed by atoms with Crippen LogP contribution in [0.5, 0.6) is 5.75 Å². The minimum Gasteiger partial charge on any atom is -0.508 e. The summed E-state index contributed by atoms with van der Waals surface area (Å²) in [5.74, 6) is 0.438. The summed E-state index contributed by atoms with van der Waals surface area (Å²) in [7, 11) is 1.90. The normalized spacial score (nSPS) is 15.9. The van der Waals surface area contributed by atoms with Crippen LogP contribution in [0.4, 0.5) is 13.2 Å². The highest BCUT2D eigenvalue weighted by Crippen LogP contribution is 2.41. The number of likely N-dealkylation sites (N-methyl/N-ethyl adjacent to an activating group) is 1. The van der Waals surface area contributed by atoms with E-state index >= 15 is 0 Å². The topological polar surface area (TPSA) is 23.5 Å². The number of unbranched alkanes of at least 4 members (excludes halogenated alkanes) is 2. The Hall–Kier alpha value is -2.18. The number of aromatic hydroxyl groups is 1. The van der Waals surface area contributed by atoms with Crippen molar-refractivity contribution in [1.29, 1.82) is 0 Å². The van der Waals surface area contributed by atoms with Crippen LogP contribution in [0.1, 0.15) is 95.5 Å². The molecule has 2 unspecified atom stereocenters. The van der Waals surface area contributed by atoms with Gasteiger partial charge in [-0.1, -0.05) is 102 Å². The number of alkyl halides is 3. The summed E-state index contributed by atoms with van der Waals surface area (Å²) in [6.07, 6.45) is 9.13. The Morgan fingerprint density at radius 3 is 2.26 bits per heavy atom. The van der Waals surface area contributed by atoms with Crippen molar-refractivity contribution in [3.05, 3.63) is 82.9 Å². The van der Waals surface area contributed by atoms with E-state index < -0.39 is 11.7 Å². The van der Waals surface area contributed by atoms with Crippen LogP contribution in [0.25, 0.3) is 5.57 Å². The third kappa shape index (κ3) is 11.3. The van der Waals surface area contributed by atoms with E-state index in [0.29, 0.717) is 12.1 Å². The molecule has 214 valence electrons. The highest BCUT2D eigenvalue weighted by molar-refractivity contribution is 7.79. The lowest BCUT2D eigenvalue weighted by molar-refractivity contribution is -0.137. The number of allylic oxidation sites excluding steroid dienone is 3. The molecule has 1 heterocycles. The number of rotatable bonds is 6. The molecule has 1 aliphatic rings. The van der Waals surface area contributed by atoms with Crippen molar-refractivity contribution in [2.24, 2.45) is 5.92 Å². The highest BCUT2D eigenvalue weighted by Gasteiger charge is 2.33. The van der Waals surface area contributed by atoms with Crippen molar-refractivity contribution < 1.29 is 18.3 Å². The molecule has 2 aromatic carbocycles. The second-order valence-electron chi connectivity index (χ2n) is 9.04. The van der Waals surface area contributed by atoms with Crippen molar-refractivity contribution in [1.82, 2.24) is 4.90 Å².